The summed E-state index contributed by atoms with van der Waals surface area (Å²) in [6.07, 6.45) is 0.00473. The van der Waals surface area contributed by atoms with Crippen molar-refractivity contribution in [3.8, 4) is 17.1 Å². The molecule has 0 spiro atoms. The summed E-state index contributed by atoms with van der Waals surface area (Å²) in [4.78, 5) is 22.0. The Morgan fingerprint density at radius 2 is 1.63 bits per heavy atom. The molecule has 5 aromatic rings. The van der Waals surface area contributed by atoms with Crippen LogP contribution >= 0.6 is 0 Å². The molecule has 1 aliphatic heterocycles. The van der Waals surface area contributed by atoms with E-state index in [2.05, 4.69) is 4.98 Å². The van der Waals surface area contributed by atoms with Gasteiger partial charge in [-0.2, -0.15) is 0 Å². The van der Waals surface area contributed by atoms with Gasteiger partial charge in [0.15, 0.2) is 0 Å². The Bertz CT molecular complexity index is 2090. The van der Waals surface area contributed by atoms with Crippen molar-refractivity contribution < 1.29 is 37.1 Å². The lowest BCUT2D eigenvalue weighted by atomic mass is 9.78. The average Bonchev–Trinajstić information content (AvgIpc) is 3.53. The van der Waals surface area contributed by atoms with Crippen LogP contribution in [-0.4, -0.2) is 58.1 Å². The molecule has 1 saturated heterocycles. The number of ether oxygens (including phenoxy) is 3. The van der Waals surface area contributed by atoms with Gasteiger partial charge in [-0.3, -0.25) is 0 Å². The van der Waals surface area contributed by atoms with Crippen LogP contribution in [0.2, 0.25) is 0 Å². The van der Waals surface area contributed by atoms with Gasteiger partial charge in [-0.25, -0.2) is 23.5 Å². The summed E-state index contributed by atoms with van der Waals surface area (Å²) < 4.78 is 62.5. The van der Waals surface area contributed by atoms with Gasteiger partial charge in [0.05, 0.1) is 40.1 Å². The number of hydrogen-bond acceptors (Lipinski definition) is 8. The molecule has 3 aromatic carbocycles. The summed E-state index contributed by atoms with van der Waals surface area (Å²) in [5.41, 5.74) is 2.16. The minimum absolute atomic E-state index is 0.00402. The number of aromatic nitrogens is 3. The fraction of sp³-hybridized carbons (Fsp3) is 0.375. The van der Waals surface area contributed by atoms with E-state index in [1.54, 1.807) is 64.3 Å². The Balaban J connectivity index is 1.20. The van der Waals surface area contributed by atoms with Crippen molar-refractivity contribution in [2.45, 2.75) is 84.8 Å². The number of carbonyl (C=O) groups excluding carboxylic acids is 1. The van der Waals surface area contributed by atoms with Crippen LogP contribution in [-0.2, 0) is 38.4 Å². The first-order chi connectivity index (χ1) is 24.5. The second kappa shape index (κ2) is 14.4. The normalized spacial score (nSPS) is 15.3. The highest BCUT2D eigenvalue weighted by molar-refractivity contribution is 6.62. The Morgan fingerprint density at radius 1 is 0.904 bits per heavy atom. The van der Waals surface area contributed by atoms with E-state index in [9.17, 15) is 4.79 Å². The van der Waals surface area contributed by atoms with Crippen molar-refractivity contribution in [3.05, 3.63) is 107 Å². The van der Waals surface area contributed by atoms with Gasteiger partial charge in [0.25, 0.3) is 0 Å². The quantitative estimate of drug-likeness (QED) is 0.103. The maximum Gasteiger partial charge on any atom is 0.494 e. The molecule has 0 bridgehead atoms. The first-order valence-electron chi connectivity index (χ1n) is 17.3. The zero-order chi connectivity index (χ0) is 37.4. The number of carbonyl (C=O) groups is 1. The molecule has 0 N–H and O–H groups in total. The van der Waals surface area contributed by atoms with Gasteiger partial charge in [0.1, 0.15) is 29.7 Å². The predicted octanol–water partition coefficient (Wildman–Crippen LogP) is 7.45. The second-order valence-corrected chi connectivity index (χ2v) is 15.0. The number of nitrogens with zero attached hydrogens (tertiary/aromatic N) is 3. The molecule has 0 amide bonds. The van der Waals surface area contributed by atoms with Gasteiger partial charge >= 0.3 is 13.1 Å². The largest absolute Gasteiger partial charge is 0.494 e. The lowest BCUT2D eigenvalue weighted by molar-refractivity contribution is 0.00578. The number of benzene rings is 3. The smallest absolute Gasteiger partial charge is 0.473 e. The lowest BCUT2D eigenvalue weighted by Gasteiger charge is -2.32. The zero-order valence-corrected chi connectivity index (χ0v) is 30.9. The number of imidazole rings is 1. The first kappa shape index (κ1) is 37.1. The second-order valence-electron chi connectivity index (χ2n) is 15.0. The molecule has 1 fully saturated rings. The third kappa shape index (κ3) is 8.04. The van der Waals surface area contributed by atoms with Crippen LogP contribution in [0, 0.1) is 11.6 Å². The van der Waals surface area contributed by atoms with E-state index >= 15 is 8.78 Å². The molecule has 0 saturated carbocycles. The highest BCUT2D eigenvalue weighted by Crippen LogP contribution is 2.36. The van der Waals surface area contributed by atoms with E-state index in [4.69, 9.17) is 28.5 Å². The SMILES string of the molecule is COCCn1c(Cc2cc(F)c(-c3cccc(OCc4cccc(B5OC(C)(C)C(C)(C)O5)c4)n3)cc2F)nc2ccc(C(=O)OC(C)(C)C)cc21. The Labute approximate surface area is 303 Å². The van der Waals surface area contributed by atoms with E-state index in [1.807, 2.05) is 56.5 Å². The maximum absolute atomic E-state index is 15.7. The monoisotopic (exact) mass is 711 g/mol. The summed E-state index contributed by atoms with van der Waals surface area (Å²) in [7, 11) is 1.07. The molecular formula is C40H44BF2N3O6. The van der Waals surface area contributed by atoms with Crippen molar-refractivity contribution in [3.63, 3.8) is 0 Å². The Hall–Kier alpha value is -4.65. The number of esters is 1. The predicted molar refractivity (Wildman–Crippen MR) is 196 cm³/mol. The average molecular weight is 712 g/mol. The Morgan fingerprint density at radius 3 is 2.35 bits per heavy atom. The molecule has 0 unspecified atom stereocenters. The van der Waals surface area contributed by atoms with Crippen LogP contribution in [0.15, 0.2) is 72.8 Å². The summed E-state index contributed by atoms with van der Waals surface area (Å²) in [6, 6.07) is 20.1. The van der Waals surface area contributed by atoms with Gasteiger partial charge in [-0.1, -0.05) is 30.3 Å². The van der Waals surface area contributed by atoms with Gasteiger partial charge in [0, 0.05) is 31.7 Å². The highest BCUT2D eigenvalue weighted by atomic mass is 19.1. The van der Waals surface area contributed by atoms with Gasteiger partial charge < -0.3 is 28.1 Å². The third-order valence-corrected chi connectivity index (χ3v) is 9.33. The van der Waals surface area contributed by atoms with E-state index < -0.39 is 41.5 Å². The fourth-order valence-corrected chi connectivity index (χ4v) is 5.90. The van der Waals surface area contributed by atoms with Crippen LogP contribution < -0.4 is 10.2 Å². The maximum atomic E-state index is 15.7. The molecule has 3 heterocycles. The van der Waals surface area contributed by atoms with Crippen LogP contribution in [0.4, 0.5) is 8.78 Å². The summed E-state index contributed by atoms with van der Waals surface area (Å²) in [5, 5.41) is 0. The number of fused-ring (bicyclic) bond motifs is 1. The van der Waals surface area contributed by atoms with Crippen molar-refractivity contribution in [2.75, 3.05) is 13.7 Å². The van der Waals surface area contributed by atoms with Gasteiger partial charge in [0.2, 0.25) is 5.88 Å². The number of rotatable bonds is 11. The molecule has 0 aliphatic carbocycles. The molecule has 0 atom stereocenters. The standard InChI is InChI=1S/C40H44BF2N3O6/c1-38(2,3)50-37(47)26-15-16-33-34(21-26)46(17-18-48-8)35(44-33)22-27-20-31(43)29(23-30(27)42)32-13-10-14-36(45-32)49-24-25-11-9-12-28(19-25)41-51-39(4,5)40(6,7)52-41/h9-16,19-21,23H,17-18,22,24H2,1-8H3. The van der Waals surface area contributed by atoms with Crippen molar-refractivity contribution in [1.29, 1.82) is 0 Å². The number of hydrogen-bond donors (Lipinski definition) is 0. The molecule has 0 radical (unpaired) electrons. The summed E-state index contributed by atoms with van der Waals surface area (Å²) >= 11 is 0. The molecule has 6 rings (SSSR count). The van der Waals surface area contributed by atoms with E-state index in [1.165, 1.54) is 6.07 Å². The van der Waals surface area contributed by atoms with Crippen LogP contribution in [0.25, 0.3) is 22.3 Å². The van der Waals surface area contributed by atoms with Crippen LogP contribution in [0.1, 0.15) is 75.8 Å². The van der Waals surface area contributed by atoms with Crippen molar-refractivity contribution in [2.24, 2.45) is 0 Å². The zero-order valence-electron chi connectivity index (χ0n) is 30.9. The van der Waals surface area contributed by atoms with Crippen molar-refractivity contribution >= 4 is 29.6 Å². The molecule has 1 aliphatic rings. The van der Waals surface area contributed by atoms with E-state index in [0.29, 0.717) is 35.6 Å². The third-order valence-electron chi connectivity index (χ3n) is 9.33. The van der Waals surface area contributed by atoms with Crippen molar-refractivity contribution in [1.82, 2.24) is 14.5 Å². The minimum atomic E-state index is -0.658. The molecule has 12 heteroatoms. The first-order valence-corrected chi connectivity index (χ1v) is 17.3. The van der Waals surface area contributed by atoms with Crippen LogP contribution in [0.3, 0.4) is 0 Å². The number of pyridine rings is 1. The van der Waals surface area contributed by atoms with Gasteiger partial charge in [-0.05, 0) is 101 Å². The minimum Gasteiger partial charge on any atom is -0.473 e. The Kier molecular flexibility index (Phi) is 10.3. The fourth-order valence-electron chi connectivity index (χ4n) is 5.90. The lowest BCUT2D eigenvalue weighted by Crippen LogP contribution is -2.41. The van der Waals surface area contributed by atoms with E-state index in [0.717, 1.165) is 17.1 Å². The molecule has 9 nitrogen and oxygen atoms in total. The number of methoxy groups -OCH3 is 1. The molecule has 272 valence electrons. The molecule has 52 heavy (non-hydrogen) atoms. The highest BCUT2D eigenvalue weighted by Gasteiger charge is 2.51. The molecule has 2 aromatic heterocycles. The summed E-state index contributed by atoms with van der Waals surface area (Å²) in [6.45, 7) is 14.4. The van der Waals surface area contributed by atoms with Gasteiger partial charge in [-0.15, -0.1) is 0 Å². The molecular weight excluding hydrogens is 667 g/mol. The topological polar surface area (TPSA) is 93.9 Å². The van der Waals surface area contributed by atoms with E-state index in [-0.39, 0.29) is 35.7 Å². The summed E-state index contributed by atoms with van der Waals surface area (Å²) in [5.74, 6) is -0.948. The number of halogens is 2. The van der Waals surface area contributed by atoms with Crippen LogP contribution in [0.5, 0.6) is 5.88 Å².